The van der Waals surface area contributed by atoms with Gasteiger partial charge in [-0.1, -0.05) is 11.6 Å². The second-order valence-corrected chi connectivity index (χ2v) is 11.9. The van der Waals surface area contributed by atoms with Gasteiger partial charge in [-0.05, 0) is 81.3 Å². The van der Waals surface area contributed by atoms with Crippen LogP contribution in [0.1, 0.15) is 31.9 Å². The number of aryl methyl sites for hydroxylation is 2. The summed E-state index contributed by atoms with van der Waals surface area (Å²) in [5, 5.41) is 11.7. The Morgan fingerprint density at radius 2 is 1.84 bits per heavy atom. The molecule has 0 radical (unpaired) electrons. The number of carbonyl (C=O) groups is 1. The number of carboxylic acid groups (broad SMARTS) is 1. The van der Waals surface area contributed by atoms with Gasteiger partial charge in [0, 0.05) is 35.8 Å². The molecule has 5 rings (SSSR count). The highest BCUT2D eigenvalue weighted by Gasteiger charge is 2.24. The minimum Gasteiger partial charge on any atom is -0.487 e. The maximum Gasteiger partial charge on any atom is 0.307 e. The lowest BCUT2D eigenvalue weighted by atomic mass is 9.92. The van der Waals surface area contributed by atoms with Crippen LogP contribution >= 0.6 is 22.9 Å². The molecule has 0 unspecified atom stereocenters. The quantitative estimate of drug-likeness (QED) is 0.267. The first-order chi connectivity index (χ1) is 17.8. The minimum absolute atomic E-state index is 0.0733. The summed E-state index contributed by atoms with van der Waals surface area (Å²) in [6, 6.07) is 13.1. The van der Waals surface area contributed by atoms with Crippen molar-refractivity contribution in [3.63, 3.8) is 0 Å². The Morgan fingerprint density at radius 1 is 1.11 bits per heavy atom. The number of hydrogen-bond acceptors (Lipinski definition) is 5. The van der Waals surface area contributed by atoms with Crippen LogP contribution in [0, 0.1) is 6.92 Å². The zero-order chi connectivity index (χ0) is 27.5. The average molecular weight is 550 g/mol. The van der Waals surface area contributed by atoms with Crippen molar-refractivity contribution in [1.29, 1.82) is 0 Å². The van der Waals surface area contributed by atoms with E-state index in [4.69, 9.17) is 21.3 Å². The summed E-state index contributed by atoms with van der Waals surface area (Å²) in [7, 11) is 3.59. The third-order valence-electron chi connectivity index (χ3n) is 6.54. The number of fused-ring (bicyclic) bond motifs is 2. The van der Waals surface area contributed by atoms with E-state index in [1.54, 1.807) is 23.9 Å². The maximum atomic E-state index is 12.8. The van der Waals surface area contributed by atoms with E-state index in [1.807, 2.05) is 69.8 Å². The van der Waals surface area contributed by atoms with Crippen LogP contribution in [-0.4, -0.2) is 31.0 Å². The van der Waals surface area contributed by atoms with Gasteiger partial charge in [0.15, 0.2) is 0 Å². The van der Waals surface area contributed by atoms with Crippen LogP contribution in [0.15, 0.2) is 47.3 Å². The molecular weight excluding hydrogens is 522 g/mol. The van der Waals surface area contributed by atoms with Crippen molar-refractivity contribution in [3.8, 4) is 27.4 Å². The number of nitrogens with zero attached hydrogens (tertiary/aromatic N) is 3. The predicted molar refractivity (Wildman–Crippen MR) is 154 cm³/mol. The van der Waals surface area contributed by atoms with Crippen LogP contribution in [0.3, 0.4) is 0 Å². The molecule has 1 N–H and O–H groups in total. The van der Waals surface area contributed by atoms with Crippen LogP contribution in [0.25, 0.3) is 42.8 Å². The van der Waals surface area contributed by atoms with Gasteiger partial charge in [-0.2, -0.15) is 0 Å². The SMILES string of the molecule is Cc1cc2nc(-c3ccc4c(c3)c(=O)n(C)n4C)sc2c(-c2ccc(Cl)cc2OC(C)(C)C)c1CC(=O)O. The van der Waals surface area contributed by atoms with Crippen LogP contribution in [0.5, 0.6) is 5.75 Å². The van der Waals surface area contributed by atoms with Gasteiger partial charge in [0.2, 0.25) is 0 Å². The standard InChI is InChI=1S/C29H28ClN3O4S/c1-15-11-21-26(38-27(31-21)16-7-10-22-20(12-16)28(36)33(6)32(22)5)25(19(15)14-24(34)35)18-9-8-17(30)13-23(18)37-29(2,3)4/h7-13H,14H2,1-6H3,(H,34,35). The van der Waals surface area contributed by atoms with E-state index in [0.717, 1.165) is 43.0 Å². The molecule has 0 bridgehead atoms. The molecule has 2 aromatic heterocycles. The molecule has 196 valence electrons. The topological polar surface area (TPSA) is 86.4 Å². The van der Waals surface area contributed by atoms with E-state index < -0.39 is 11.6 Å². The van der Waals surface area contributed by atoms with Crippen LogP contribution in [0.4, 0.5) is 0 Å². The van der Waals surface area contributed by atoms with Gasteiger partial charge in [-0.15, -0.1) is 11.3 Å². The molecule has 0 atom stereocenters. The molecule has 0 saturated heterocycles. The van der Waals surface area contributed by atoms with Crippen molar-refractivity contribution >= 4 is 50.0 Å². The fourth-order valence-electron chi connectivity index (χ4n) is 4.73. The molecule has 9 heteroatoms. The first-order valence-electron chi connectivity index (χ1n) is 12.1. The van der Waals surface area contributed by atoms with E-state index in [9.17, 15) is 14.7 Å². The molecule has 3 aromatic carbocycles. The summed E-state index contributed by atoms with van der Waals surface area (Å²) in [5.74, 6) is -0.344. The lowest BCUT2D eigenvalue weighted by Gasteiger charge is -2.24. The smallest absolute Gasteiger partial charge is 0.307 e. The maximum absolute atomic E-state index is 12.8. The Bertz CT molecular complexity index is 1810. The van der Waals surface area contributed by atoms with E-state index in [1.165, 1.54) is 11.3 Å². The number of aromatic nitrogens is 3. The summed E-state index contributed by atoms with van der Waals surface area (Å²) in [4.78, 5) is 29.6. The number of carboxylic acids is 1. The van der Waals surface area contributed by atoms with Crippen LogP contribution in [-0.2, 0) is 25.3 Å². The van der Waals surface area contributed by atoms with Crippen molar-refractivity contribution in [1.82, 2.24) is 14.3 Å². The number of thiazole rings is 1. The molecule has 0 aliphatic carbocycles. The fraction of sp³-hybridized carbons (Fsp3) is 0.276. The largest absolute Gasteiger partial charge is 0.487 e. The van der Waals surface area contributed by atoms with Crippen molar-refractivity contribution < 1.29 is 14.6 Å². The van der Waals surface area contributed by atoms with Crippen molar-refractivity contribution in [2.24, 2.45) is 14.1 Å². The first kappa shape index (κ1) is 26.0. The van der Waals surface area contributed by atoms with Crippen molar-refractivity contribution in [2.75, 3.05) is 0 Å². The Labute approximate surface area is 228 Å². The summed E-state index contributed by atoms with van der Waals surface area (Å²) in [6.07, 6.45) is -0.145. The number of rotatable bonds is 5. The Balaban J connectivity index is 1.80. The number of hydrogen-bond donors (Lipinski definition) is 1. The Hall–Kier alpha value is -3.62. The number of aliphatic carboxylic acids is 1. The average Bonchev–Trinajstić information content (AvgIpc) is 3.33. The summed E-state index contributed by atoms with van der Waals surface area (Å²) in [5.41, 5.74) is 4.92. The lowest BCUT2D eigenvalue weighted by molar-refractivity contribution is -0.136. The van der Waals surface area contributed by atoms with Gasteiger partial charge in [-0.3, -0.25) is 19.0 Å². The Kier molecular flexibility index (Phi) is 6.36. The first-order valence-corrected chi connectivity index (χ1v) is 13.3. The second kappa shape index (κ2) is 9.29. The van der Waals surface area contributed by atoms with Crippen molar-refractivity contribution in [2.45, 2.75) is 39.7 Å². The van der Waals surface area contributed by atoms with E-state index in [-0.39, 0.29) is 12.0 Å². The normalized spacial score (nSPS) is 12.0. The van der Waals surface area contributed by atoms with Crippen LogP contribution < -0.4 is 10.3 Å². The third kappa shape index (κ3) is 4.59. The molecule has 0 amide bonds. The molecule has 0 aliphatic heterocycles. The molecule has 0 fully saturated rings. The molecule has 5 aromatic rings. The van der Waals surface area contributed by atoms with Crippen LogP contribution in [0.2, 0.25) is 5.02 Å². The molecule has 38 heavy (non-hydrogen) atoms. The third-order valence-corrected chi connectivity index (χ3v) is 7.91. The second-order valence-electron chi connectivity index (χ2n) is 10.4. The summed E-state index contributed by atoms with van der Waals surface area (Å²) < 4.78 is 10.5. The van der Waals surface area contributed by atoms with E-state index >= 15 is 0 Å². The monoisotopic (exact) mass is 549 g/mol. The number of ether oxygens (including phenoxy) is 1. The summed E-state index contributed by atoms with van der Waals surface area (Å²) >= 11 is 7.82. The molecule has 7 nitrogen and oxygen atoms in total. The Morgan fingerprint density at radius 3 is 2.53 bits per heavy atom. The van der Waals surface area contributed by atoms with E-state index in [2.05, 4.69) is 0 Å². The lowest BCUT2D eigenvalue weighted by Crippen LogP contribution is -2.23. The van der Waals surface area contributed by atoms with Gasteiger partial charge in [0.25, 0.3) is 5.56 Å². The molecule has 0 spiro atoms. The highest BCUT2D eigenvalue weighted by molar-refractivity contribution is 7.22. The van der Waals surface area contributed by atoms with Crippen molar-refractivity contribution in [3.05, 3.63) is 69.0 Å². The van der Waals surface area contributed by atoms with Gasteiger partial charge in [-0.25, -0.2) is 4.98 Å². The molecule has 2 heterocycles. The van der Waals surface area contributed by atoms with E-state index in [0.29, 0.717) is 21.7 Å². The zero-order valence-corrected chi connectivity index (χ0v) is 23.6. The zero-order valence-electron chi connectivity index (χ0n) is 22.0. The molecular formula is C29H28ClN3O4S. The highest BCUT2D eigenvalue weighted by Crippen LogP contribution is 2.45. The van der Waals surface area contributed by atoms with Gasteiger partial charge < -0.3 is 9.84 Å². The fourth-order valence-corrected chi connectivity index (χ4v) is 6.02. The predicted octanol–water partition coefficient (Wildman–Crippen LogP) is 6.59. The molecule has 0 aliphatic rings. The molecule has 0 saturated carbocycles. The number of benzene rings is 3. The number of halogens is 1. The van der Waals surface area contributed by atoms with Gasteiger partial charge in [0.1, 0.15) is 16.4 Å². The van der Waals surface area contributed by atoms with Gasteiger partial charge >= 0.3 is 5.97 Å². The minimum atomic E-state index is -0.920. The highest BCUT2D eigenvalue weighted by atomic mass is 35.5. The summed E-state index contributed by atoms with van der Waals surface area (Å²) in [6.45, 7) is 7.77. The van der Waals surface area contributed by atoms with Gasteiger partial charge in [0.05, 0.1) is 27.5 Å².